The summed E-state index contributed by atoms with van der Waals surface area (Å²) in [4.78, 5) is 12.7. The molecule has 4 rings (SSSR count). The van der Waals surface area contributed by atoms with Gasteiger partial charge in [-0.15, -0.1) is 0 Å². The van der Waals surface area contributed by atoms with E-state index in [0.29, 0.717) is 17.4 Å². The Hall–Kier alpha value is -1.02. The van der Waals surface area contributed by atoms with Crippen LogP contribution in [0.4, 0.5) is 0 Å². The summed E-state index contributed by atoms with van der Waals surface area (Å²) in [6.45, 7) is 7.16. The number of rotatable bonds is 3. The average Bonchev–Trinajstić information content (AvgIpc) is 3.23. The highest BCUT2D eigenvalue weighted by Gasteiger charge is 2.62. The van der Waals surface area contributed by atoms with Crippen LogP contribution in [0.3, 0.4) is 0 Å². The normalized spacial score (nSPS) is 40.2. The molecule has 5 unspecified atom stereocenters. The summed E-state index contributed by atoms with van der Waals surface area (Å²) < 4.78 is 0. The molecule has 2 bridgehead atoms. The molecule has 5 atom stereocenters. The SMILES string of the molecule is CC1(C)C2CCC1(C)C(NC(=O)C1CC1c1ccccc1Cl)C2. The molecule has 23 heavy (non-hydrogen) atoms. The molecule has 0 aliphatic heterocycles. The highest BCUT2D eigenvalue weighted by molar-refractivity contribution is 6.31. The highest BCUT2D eigenvalue weighted by atomic mass is 35.5. The Morgan fingerprint density at radius 3 is 2.57 bits per heavy atom. The van der Waals surface area contributed by atoms with E-state index in [1.807, 2.05) is 18.2 Å². The van der Waals surface area contributed by atoms with Crippen molar-refractivity contribution in [1.82, 2.24) is 5.32 Å². The first-order valence-corrected chi connectivity index (χ1v) is 9.27. The van der Waals surface area contributed by atoms with Gasteiger partial charge in [0.05, 0.1) is 0 Å². The predicted octanol–water partition coefficient (Wildman–Crippen LogP) is 4.77. The molecule has 0 heterocycles. The van der Waals surface area contributed by atoms with Gasteiger partial charge >= 0.3 is 0 Å². The molecule has 0 radical (unpaired) electrons. The quantitative estimate of drug-likeness (QED) is 0.848. The number of carbonyl (C=O) groups is 1. The lowest BCUT2D eigenvalue weighted by atomic mass is 9.69. The van der Waals surface area contributed by atoms with Gasteiger partial charge in [0.15, 0.2) is 0 Å². The lowest BCUT2D eigenvalue weighted by molar-refractivity contribution is -0.124. The van der Waals surface area contributed by atoms with E-state index in [-0.39, 0.29) is 17.2 Å². The molecule has 124 valence electrons. The van der Waals surface area contributed by atoms with Crippen molar-refractivity contribution in [3.63, 3.8) is 0 Å². The topological polar surface area (TPSA) is 29.1 Å². The fourth-order valence-corrected chi connectivity index (χ4v) is 5.58. The molecule has 1 aromatic rings. The number of halogens is 1. The second-order valence-corrected chi connectivity index (χ2v) is 9.05. The van der Waals surface area contributed by atoms with Crippen LogP contribution in [0.5, 0.6) is 0 Å². The number of hydrogen-bond donors (Lipinski definition) is 1. The molecule has 3 aliphatic carbocycles. The number of carbonyl (C=O) groups excluding carboxylic acids is 1. The molecule has 0 saturated heterocycles. The summed E-state index contributed by atoms with van der Waals surface area (Å²) in [5, 5.41) is 4.20. The van der Waals surface area contributed by atoms with Crippen LogP contribution < -0.4 is 5.32 Å². The van der Waals surface area contributed by atoms with Crippen LogP contribution in [0.2, 0.25) is 5.02 Å². The van der Waals surface area contributed by atoms with Gasteiger partial charge in [0, 0.05) is 17.0 Å². The number of fused-ring (bicyclic) bond motifs is 2. The van der Waals surface area contributed by atoms with E-state index in [1.165, 1.54) is 12.8 Å². The third-order valence-electron chi connectivity index (χ3n) is 7.54. The lowest BCUT2D eigenvalue weighted by Gasteiger charge is -2.39. The van der Waals surface area contributed by atoms with Gasteiger partial charge in [-0.3, -0.25) is 4.79 Å². The zero-order valence-corrected chi connectivity index (χ0v) is 15.0. The number of hydrogen-bond acceptors (Lipinski definition) is 1. The third-order valence-corrected chi connectivity index (χ3v) is 7.89. The van der Waals surface area contributed by atoms with Gasteiger partial charge in [-0.1, -0.05) is 50.6 Å². The number of nitrogens with one attached hydrogen (secondary N) is 1. The minimum absolute atomic E-state index is 0.112. The van der Waals surface area contributed by atoms with Crippen molar-refractivity contribution in [2.24, 2.45) is 22.7 Å². The van der Waals surface area contributed by atoms with Gasteiger partial charge in [-0.05, 0) is 60.0 Å². The van der Waals surface area contributed by atoms with Gasteiger partial charge in [0.2, 0.25) is 5.91 Å². The molecular weight excluding hydrogens is 306 g/mol. The molecular formula is C20H26ClNO. The smallest absolute Gasteiger partial charge is 0.223 e. The summed E-state index contributed by atoms with van der Waals surface area (Å²) in [5.41, 5.74) is 1.73. The molecule has 1 N–H and O–H groups in total. The van der Waals surface area contributed by atoms with Crippen LogP contribution >= 0.6 is 11.6 Å². The van der Waals surface area contributed by atoms with E-state index in [4.69, 9.17) is 11.6 Å². The van der Waals surface area contributed by atoms with Gasteiger partial charge in [0.25, 0.3) is 0 Å². The van der Waals surface area contributed by atoms with E-state index in [0.717, 1.165) is 29.3 Å². The molecule has 2 nitrogen and oxygen atoms in total. The Labute approximate surface area is 144 Å². The minimum Gasteiger partial charge on any atom is -0.353 e. The summed E-state index contributed by atoms with van der Waals surface area (Å²) >= 11 is 6.28. The molecule has 1 aromatic carbocycles. The average molecular weight is 332 g/mol. The van der Waals surface area contributed by atoms with Crippen LogP contribution in [-0.2, 0) is 4.79 Å². The standard InChI is InChI=1S/C20H26ClNO/c1-19(2)12-8-9-20(19,3)17(10-12)22-18(23)15-11-14(15)13-6-4-5-7-16(13)21/h4-7,12,14-15,17H,8-11H2,1-3H3,(H,22,23). The Bertz CT molecular complexity index is 655. The van der Waals surface area contributed by atoms with Crippen LogP contribution in [-0.4, -0.2) is 11.9 Å². The monoisotopic (exact) mass is 331 g/mol. The molecule has 0 aromatic heterocycles. The fourth-order valence-electron chi connectivity index (χ4n) is 5.31. The maximum atomic E-state index is 12.7. The number of amides is 1. The van der Waals surface area contributed by atoms with Crippen molar-refractivity contribution in [1.29, 1.82) is 0 Å². The second-order valence-electron chi connectivity index (χ2n) is 8.64. The Kier molecular flexibility index (Phi) is 3.36. The first-order chi connectivity index (χ1) is 10.8. The fraction of sp³-hybridized carbons (Fsp3) is 0.650. The van der Waals surface area contributed by atoms with Crippen molar-refractivity contribution in [3.8, 4) is 0 Å². The van der Waals surface area contributed by atoms with E-state index in [1.54, 1.807) is 0 Å². The summed E-state index contributed by atoms with van der Waals surface area (Å²) in [6, 6.07) is 8.28. The van der Waals surface area contributed by atoms with Crippen LogP contribution in [0.25, 0.3) is 0 Å². The Morgan fingerprint density at radius 2 is 1.96 bits per heavy atom. The lowest BCUT2D eigenvalue weighted by Crippen LogP contribution is -2.47. The maximum absolute atomic E-state index is 12.7. The van der Waals surface area contributed by atoms with Crippen molar-refractivity contribution in [2.75, 3.05) is 0 Å². The third kappa shape index (κ3) is 2.17. The zero-order valence-electron chi connectivity index (χ0n) is 14.2. The van der Waals surface area contributed by atoms with Crippen LogP contribution in [0, 0.1) is 22.7 Å². The van der Waals surface area contributed by atoms with Gasteiger partial charge in [-0.2, -0.15) is 0 Å². The molecule has 3 fully saturated rings. The number of benzene rings is 1. The minimum atomic E-state index is 0.112. The van der Waals surface area contributed by atoms with Crippen LogP contribution in [0.15, 0.2) is 24.3 Å². The Morgan fingerprint density at radius 1 is 1.22 bits per heavy atom. The second kappa shape index (κ2) is 4.99. The van der Waals surface area contributed by atoms with Gasteiger partial charge in [-0.25, -0.2) is 0 Å². The van der Waals surface area contributed by atoms with Gasteiger partial charge in [0.1, 0.15) is 0 Å². The highest BCUT2D eigenvalue weighted by Crippen LogP contribution is 2.65. The summed E-state index contributed by atoms with van der Waals surface area (Å²) in [5.74, 6) is 1.42. The summed E-state index contributed by atoms with van der Waals surface area (Å²) in [6.07, 6.45) is 4.65. The zero-order chi connectivity index (χ0) is 16.4. The van der Waals surface area contributed by atoms with Crippen LogP contribution in [0.1, 0.15) is 57.9 Å². The van der Waals surface area contributed by atoms with Crippen molar-refractivity contribution in [3.05, 3.63) is 34.9 Å². The summed E-state index contributed by atoms with van der Waals surface area (Å²) in [7, 11) is 0. The van der Waals surface area contributed by atoms with Crippen molar-refractivity contribution in [2.45, 2.75) is 58.4 Å². The largest absolute Gasteiger partial charge is 0.353 e. The van der Waals surface area contributed by atoms with E-state index < -0.39 is 0 Å². The predicted molar refractivity (Wildman–Crippen MR) is 93.5 cm³/mol. The van der Waals surface area contributed by atoms with Crippen molar-refractivity contribution < 1.29 is 4.79 Å². The van der Waals surface area contributed by atoms with E-state index >= 15 is 0 Å². The van der Waals surface area contributed by atoms with Gasteiger partial charge < -0.3 is 5.32 Å². The molecule has 3 aliphatic rings. The van der Waals surface area contributed by atoms with E-state index in [9.17, 15) is 4.79 Å². The maximum Gasteiger partial charge on any atom is 0.223 e. The first kappa shape index (κ1) is 15.5. The first-order valence-electron chi connectivity index (χ1n) is 8.89. The molecule has 1 amide bonds. The van der Waals surface area contributed by atoms with Crippen molar-refractivity contribution >= 4 is 17.5 Å². The molecule has 3 heteroatoms. The molecule has 3 saturated carbocycles. The Balaban J connectivity index is 1.44. The van der Waals surface area contributed by atoms with E-state index in [2.05, 4.69) is 32.2 Å². The molecule has 0 spiro atoms.